The van der Waals surface area contributed by atoms with Gasteiger partial charge in [-0.2, -0.15) is 0 Å². The molecule has 2 aromatic carbocycles. The van der Waals surface area contributed by atoms with E-state index in [0.717, 1.165) is 28.3 Å². The number of benzene rings is 2. The lowest BCUT2D eigenvalue weighted by atomic mass is 10.1. The minimum Gasteiger partial charge on any atom is -0.478 e. The highest BCUT2D eigenvalue weighted by molar-refractivity contribution is 7.18. The number of nitrogens with two attached hydrogens (primary N) is 1. The van der Waals surface area contributed by atoms with Gasteiger partial charge in [-0.15, -0.1) is 22.7 Å². The second kappa shape index (κ2) is 21.7. The topological polar surface area (TPSA) is 218 Å². The summed E-state index contributed by atoms with van der Waals surface area (Å²) in [5.74, 6) is -0.298. The molecule has 0 spiro atoms. The maximum Gasteiger partial charge on any atom is 0.410 e. The van der Waals surface area contributed by atoms with Crippen molar-refractivity contribution in [3.8, 4) is 22.3 Å². The lowest BCUT2D eigenvalue weighted by molar-refractivity contribution is -0.131. The van der Waals surface area contributed by atoms with Crippen molar-refractivity contribution in [2.75, 3.05) is 73.2 Å². The van der Waals surface area contributed by atoms with Gasteiger partial charge in [0.25, 0.3) is 0 Å². The van der Waals surface area contributed by atoms with Crippen LogP contribution in [0.15, 0.2) is 115 Å². The van der Waals surface area contributed by atoms with Crippen molar-refractivity contribution in [1.29, 1.82) is 0 Å². The normalized spacial score (nSPS) is 13.9. The van der Waals surface area contributed by atoms with E-state index in [2.05, 4.69) is 18.5 Å². The van der Waals surface area contributed by atoms with Crippen molar-refractivity contribution in [2.45, 2.75) is 52.7 Å². The third-order valence-corrected chi connectivity index (χ3v) is 12.3. The van der Waals surface area contributed by atoms with Crippen molar-refractivity contribution < 1.29 is 42.6 Å². The molecule has 8 rings (SSSR count). The lowest BCUT2D eigenvalue weighted by Crippen LogP contribution is -2.50. The van der Waals surface area contributed by atoms with Crippen LogP contribution >= 0.6 is 22.7 Å². The number of anilines is 4. The molecule has 0 saturated carbocycles. The molecule has 364 valence electrons. The van der Waals surface area contributed by atoms with Gasteiger partial charge in [-0.1, -0.05) is 37.4 Å². The molecule has 4 aromatic heterocycles. The van der Waals surface area contributed by atoms with E-state index < -0.39 is 17.2 Å². The highest BCUT2D eigenvalue weighted by Gasteiger charge is 2.29. The number of rotatable bonds is 7. The number of ether oxygens (including phenoxy) is 2. The third kappa shape index (κ3) is 13.4. The number of aliphatic carboxylic acids is 1. The summed E-state index contributed by atoms with van der Waals surface area (Å²) in [5, 5.41) is 14.2. The Labute approximate surface area is 406 Å². The van der Waals surface area contributed by atoms with Gasteiger partial charge in [-0.3, -0.25) is 14.4 Å². The number of carbonyl (C=O) groups is 4. The average molecular weight is 981 g/mol. The summed E-state index contributed by atoms with van der Waals surface area (Å²) in [6, 6.07) is 17.9. The van der Waals surface area contributed by atoms with E-state index in [1.54, 1.807) is 15.9 Å². The zero-order chi connectivity index (χ0) is 50.2. The average Bonchev–Trinajstić information content (AvgIpc) is 3.94. The number of nitrogens with one attached hydrogen (secondary N) is 1. The molecule has 3 amide bonds. The predicted molar refractivity (Wildman–Crippen MR) is 273 cm³/mol. The number of carbonyl (C=O) groups excluding carboxylic acids is 3. The number of nitrogens with zero attached hydrogens (tertiary/aromatic N) is 4. The molecular weight excluding hydrogens is 925 g/mol. The van der Waals surface area contributed by atoms with Crippen LogP contribution in [0.1, 0.15) is 41.5 Å². The SMILES string of the molecule is C=CC(=O)Nc1cccc(-c2csc3c(=O)cc(N4CCN(C(=O)OC(C)(C)C)CC4)oc23)c1.C=CC(=O)O.CC(C)(C)OC(=O)N1CCN(c2cc(=O)c3scc(-c4cccc(N)c4)c3o2)CC1. The van der Waals surface area contributed by atoms with Gasteiger partial charge in [0.1, 0.15) is 20.6 Å². The summed E-state index contributed by atoms with van der Waals surface area (Å²) in [5.41, 5.74) is 10.4. The van der Waals surface area contributed by atoms with Crippen molar-refractivity contribution in [3.05, 3.63) is 117 Å². The largest absolute Gasteiger partial charge is 0.478 e. The predicted octanol–water partition coefficient (Wildman–Crippen LogP) is 9.12. The third-order valence-electron chi connectivity index (χ3n) is 10.3. The van der Waals surface area contributed by atoms with Gasteiger partial charge in [-0.05, 0) is 83.0 Å². The molecule has 0 aliphatic carbocycles. The van der Waals surface area contributed by atoms with Gasteiger partial charge in [0.15, 0.2) is 22.9 Å². The molecule has 0 radical (unpaired) electrons. The maximum atomic E-state index is 12.8. The van der Waals surface area contributed by atoms with Crippen LogP contribution in [0.5, 0.6) is 0 Å². The van der Waals surface area contributed by atoms with Gasteiger partial charge < -0.3 is 54.1 Å². The number of carboxylic acids is 1. The summed E-state index contributed by atoms with van der Waals surface area (Å²) in [6.45, 7) is 21.6. The Morgan fingerprint density at radius 1 is 0.667 bits per heavy atom. The number of piperazine rings is 2. The molecule has 0 bridgehead atoms. The van der Waals surface area contributed by atoms with Crippen LogP contribution in [0, 0.1) is 0 Å². The molecule has 4 N–H and O–H groups in total. The zero-order valence-electron chi connectivity index (χ0n) is 39.4. The van der Waals surface area contributed by atoms with Crippen molar-refractivity contribution in [1.82, 2.24) is 9.80 Å². The molecular formula is C50H56N6O11S2. The Kier molecular flexibility index (Phi) is 16.1. The summed E-state index contributed by atoms with van der Waals surface area (Å²) >= 11 is 2.70. The van der Waals surface area contributed by atoms with Crippen LogP contribution in [0.2, 0.25) is 0 Å². The first-order chi connectivity index (χ1) is 32.6. The number of nitrogen functional groups attached to an aromatic ring is 1. The summed E-state index contributed by atoms with van der Waals surface area (Å²) in [7, 11) is 0. The molecule has 2 fully saturated rings. The molecule has 2 aliphatic heterocycles. The van der Waals surface area contributed by atoms with Crippen LogP contribution in [0.3, 0.4) is 0 Å². The van der Waals surface area contributed by atoms with Crippen molar-refractivity contribution in [3.63, 3.8) is 0 Å². The fourth-order valence-corrected chi connectivity index (χ4v) is 8.93. The number of hydrogen-bond acceptors (Lipinski definition) is 15. The highest BCUT2D eigenvalue weighted by atomic mass is 32.1. The molecule has 2 saturated heterocycles. The van der Waals surface area contributed by atoms with Gasteiger partial charge in [0.05, 0.1) is 0 Å². The number of thiophene rings is 2. The smallest absolute Gasteiger partial charge is 0.410 e. The quantitative estimate of drug-likeness (QED) is 0.100. The number of fused-ring (bicyclic) bond motifs is 2. The number of amides is 3. The molecule has 19 heteroatoms. The van der Waals surface area contributed by atoms with Gasteiger partial charge >= 0.3 is 18.2 Å². The molecule has 0 atom stereocenters. The first-order valence-electron chi connectivity index (χ1n) is 21.9. The standard InChI is InChI=1S/C25H27N3O5S.C22H25N3O4S.C3H4O2/c1-5-20(30)26-17-8-6-7-16(13-17)18-15-34-23-19(29)14-21(32-22(18)23)27-9-11-28(12-10-27)24(31)33-25(2,3)4;1-22(2,3)29-21(27)25-9-7-24(8-10-25)18-12-17(26)20-19(28-18)16(13-30-20)14-5-4-6-15(23)11-14;1-2-3(4)5/h5-8,13-15H,1,9-12H2,2-4H3,(H,26,30);4-6,11-13H,7-10,23H2,1-3H3;2H,1H2,(H,4,5). The van der Waals surface area contributed by atoms with Crippen molar-refractivity contribution >= 4 is 90.4 Å². The van der Waals surface area contributed by atoms with E-state index in [0.29, 0.717) is 96.1 Å². The van der Waals surface area contributed by atoms with Gasteiger partial charge in [0.2, 0.25) is 16.8 Å². The second-order valence-electron chi connectivity index (χ2n) is 17.9. The molecule has 0 unspecified atom stereocenters. The van der Waals surface area contributed by atoms with Crippen LogP contribution in [-0.2, 0) is 19.1 Å². The van der Waals surface area contributed by atoms with E-state index in [1.807, 2.05) is 105 Å². The summed E-state index contributed by atoms with van der Waals surface area (Å²) in [4.78, 5) is 78.4. The van der Waals surface area contributed by atoms with E-state index in [-0.39, 0.29) is 29.0 Å². The first-order valence-corrected chi connectivity index (χ1v) is 23.7. The lowest BCUT2D eigenvalue weighted by Gasteiger charge is -2.35. The van der Waals surface area contributed by atoms with E-state index >= 15 is 0 Å². The van der Waals surface area contributed by atoms with Gasteiger partial charge in [0, 0.05) is 104 Å². The maximum absolute atomic E-state index is 12.8. The molecule has 2 aliphatic rings. The van der Waals surface area contributed by atoms with Crippen molar-refractivity contribution in [2.24, 2.45) is 0 Å². The first kappa shape index (κ1) is 51.0. The van der Waals surface area contributed by atoms with Crippen LogP contribution < -0.4 is 31.7 Å². The van der Waals surface area contributed by atoms with E-state index in [1.165, 1.54) is 40.9 Å². The van der Waals surface area contributed by atoms with Crippen LogP contribution in [0.4, 0.5) is 32.7 Å². The number of hydrogen-bond donors (Lipinski definition) is 3. The van der Waals surface area contributed by atoms with Crippen LogP contribution in [-0.4, -0.2) is 103 Å². The molecule has 6 heterocycles. The fraction of sp³-hybridized carbons (Fsp3) is 0.320. The van der Waals surface area contributed by atoms with Gasteiger partial charge in [-0.25, -0.2) is 14.4 Å². The molecule has 6 aromatic rings. The summed E-state index contributed by atoms with van der Waals surface area (Å²) < 4.78 is 24.4. The Morgan fingerprint density at radius 3 is 1.48 bits per heavy atom. The minimum atomic E-state index is -0.981. The fourth-order valence-electron chi connectivity index (χ4n) is 7.11. The van der Waals surface area contributed by atoms with E-state index in [4.69, 9.17) is 29.1 Å². The Morgan fingerprint density at radius 2 is 1.09 bits per heavy atom. The van der Waals surface area contributed by atoms with Crippen LogP contribution in [0.25, 0.3) is 42.8 Å². The number of carboxylic acid groups (broad SMARTS) is 1. The highest BCUT2D eigenvalue weighted by Crippen LogP contribution is 2.37. The Hall–Kier alpha value is -7.38. The zero-order valence-corrected chi connectivity index (χ0v) is 41.0. The summed E-state index contributed by atoms with van der Waals surface area (Å²) in [6.07, 6.45) is 1.38. The molecule has 69 heavy (non-hydrogen) atoms. The Bertz CT molecular complexity index is 2980. The monoisotopic (exact) mass is 980 g/mol. The molecule has 17 nitrogen and oxygen atoms in total. The minimum absolute atomic E-state index is 0.0685. The Balaban J connectivity index is 0.000000208. The second-order valence-corrected chi connectivity index (χ2v) is 19.6. The van der Waals surface area contributed by atoms with E-state index in [9.17, 15) is 28.8 Å².